The molecule has 1 aromatic rings. The summed E-state index contributed by atoms with van der Waals surface area (Å²) >= 11 is 12.2. The zero-order chi connectivity index (χ0) is 18.0. The summed E-state index contributed by atoms with van der Waals surface area (Å²) in [6.45, 7) is 3.60. The molecule has 1 spiro atoms. The van der Waals surface area contributed by atoms with E-state index >= 15 is 0 Å². The van der Waals surface area contributed by atoms with E-state index in [4.69, 9.17) is 23.2 Å². The van der Waals surface area contributed by atoms with E-state index in [1.807, 2.05) is 18.2 Å². The number of nitrogens with one attached hydrogen (secondary N) is 1. The van der Waals surface area contributed by atoms with Crippen LogP contribution in [0.1, 0.15) is 24.3 Å². The molecule has 25 heavy (non-hydrogen) atoms. The van der Waals surface area contributed by atoms with Gasteiger partial charge in [-0.25, -0.2) is 0 Å². The van der Waals surface area contributed by atoms with E-state index in [1.54, 1.807) is 30.4 Å². The molecule has 1 aromatic carbocycles. The average molecular weight is 374 g/mol. The third kappa shape index (κ3) is 3.48. The number of halogens is 2. The van der Waals surface area contributed by atoms with Gasteiger partial charge >= 0.3 is 0 Å². The second kappa shape index (κ2) is 7.03. The Morgan fingerprint density at radius 1 is 1.36 bits per heavy atom. The van der Waals surface area contributed by atoms with Gasteiger partial charge in [-0.05, 0) is 35.9 Å². The molecule has 0 bridgehead atoms. The molecular formula is C20H17Cl2NO2. The molecule has 0 aromatic heterocycles. The van der Waals surface area contributed by atoms with Crippen LogP contribution < -0.4 is 5.32 Å². The predicted molar refractivity (Wildman–Crippen MR) is 100 cm³/mol. The largest absolute Gasteiger partial charge is 0.329 e. The van der Waals surface area contributed by atoms with E-state index in [1.165, 1.54) is 6.08 Å². The maximum Gasteiger partial charge on any atom is 0.235 e. The van der Waals surface area contributed by atoms with Crippen LogP contribution in [0.4, 0.5) is 0 Å². The lowest BCUT2D eigenvalue weighted by Crippen LogP contribution is -2.38. The van der Waals surface area contributed by atoms with Crippen molar-refractivity contribution in [2.75, 3.05) is 0 Å². The van der Waals surface area contributed by atoms with Crippen molar-refractivity contribution < 1.29 is 9.59 Å². The van der Waals surface area contributed by atoms with Gasteiger partial charge in [-0.3, -0.25) is 9.59 Å². The Balaban J connectivity index is 2.03. The molecule has 0 radical (unpaired) electrons. The van der Waals surface area contributed by atoms with E-state index in [9.17, 15) is 9.59 Å². The molecule has 0 unspecified atom stereocenters. The number of amides is 1. The zero-order valence-electron chi connectivity index (χ0n) is 13.5. The summed E-state index contributed by atoms with van der Waals surface area (Å²) in [5.41, 5.74) is 0.795. The molecule has 1 heterocycles. The second-order valence-corrected chi connectivity index (χ2v) is 7.11. The van der Waals surface area contributed by atoms with Crippen LogP contribution in [0.5, 0.6) is 0 Å². The second-order valence-electron chi connectivity index (χ2n) is 6.24. The third-order valence-corrected chi connectivity index (χ3v) is 5.08. The Bertz CT molecular complexity index is 838. The maximum atomic E-state index is 12.8. The Hall–Kier alpha value is -2.10. The number of ketones is 1. The molecule has 5 heteroatoms. The molecule has 128 valence electrons. The van der Waals surface area contributed by atoms with E-state index in [0.717, 1.165) is 11.3 Å². The van der Waals surface area contributed by atoms with Crippen molar-refractivity contribution in [3.05, 3.63) is 82.5 Å². The summed E-state index contributed by atoms with van der Waals surface area (Å²) in [4.78, 5) is 24.9. The summed E-state index contributed by atoms with van der Waals surface area (Å²) in [5, 5.41) is 3.97. The molecule has 1 saturated heterocycles. The molecule has 1 aliphatic carbocycles. The Morgan fingerprint density at radius 3 is 2.88 bits per heavy atom. The highest BCUT2D eigenvalue weighted by Gasteiger charge is 2.51. The third-order valence-electron chi connectivity index (χ3n) is 4.61. The molecule has 0 saturated carbocycles. The van der Waals surface area contributed by atoms with Gasteiger partial charge in [0.05, 0.1) is 5.41 Å². The lowest BCUT2D eigenvalue weighted by molar-refractivity contribution is -0.127. The highest BCUT2D eigenvalue weighted by molar-refractivity contribution is 6.31. The van der Waals surface area contributed by atoms with E-state index in [0.29, 0.717) is 16.5 Å². The van der Waals surface area contributed by atoms with Gasteiger partial charge in [-0.1, -0.05) is 54.1 Å². The topological polar surface area (TPSA) is 46.2 Å². The van der Waals surface area contributed by atoms with Gasteiger partial charge in [0.15, 0.2) is 5.78 Å². The van der Waals surface area contributed by atoms with Gasteiger partial charge in [0.25, 0.3) is 0 Å². The molecule has 1 fully saturated rings. The maximum absolute atomic E-state index is 12.8. The summed E-state index contributed by atoms with van der Waals surface area (Å²) in [7, 11) is 0. The minimum absolute atomic E-state index is 0.00501. The number of hydrogen-bond acceptors (Lipinski definition) is 2. The van der Waals surface area contributed by atoms with Crippen molar-refractivity contribution in [1.29, 1.82) is 0 Å². The van der Waals surface area contributed by atoms with Crippen LogP contribution in [0.25, 0.3) is 0 Å². The van der Waals surface area contributed by atoms with Crippen molar-refractivity contribution in [1.82, 2.24) is 5.32 Å². The minimum Gasteiger partial charge on any atom is -0.329 e. The first kappa shape index (κ1) is 17.7. The van der Waals surface area contributed by atoms with Crippen LogP contribution in [0, 0.1) is 5.41 Å². The average Bonchev–Trinajstić information content (AvgIpc) is 2.86. The number of carbonyl (C=O) groups is 2. The standard InChI is InChI=1S/C20H17Cl2NO2/c1-2-4-14(21)10-16-12-20(19(25)23-16)8-7-17(24)11-18(20)13-5-3-6-15(22)9-13/h2-10,18H,1,11-12H2,(H,23,25)/b14-4+,16-10+/t18-,20-/m0/s1. The molecular weight excluding hydrogens is 357 g/mol. The van der Waals surface area contributed by atoms with Crippen LogP contribution >= 0.6 is 23.2 Å². The summed E-state index contributed by atoms with van der Waals surface area (Å²) in [5.74, 6) is -0.391. The van der Waals surface area contributed by atoms with Gasteiger partial charge in [-0.15, -0.1) is 0 Å². The fourth-order valence-corrected chi connectivity index (χ4v) is 3.90. The van der Waals surface area contributed by atoms with Crippen molar-refractivity contribution in [3.63, 3.8) is 0 Å². The molecule has 1 N–H and O–H groups in total. The van der Waals surface area contributed by atoms with Crippen LogP contribution in [-0.4, -0.2) is 11.7 Å². The summed E-state index contributed by atoms with van der Waals surface area (Å²) in [6.07, 6.45) is 8.91. The molecule has 2 aliphatic rings. The smallest absolute Gasteiger partial charge is 0.235 e. The lowest BCUT2D eigenvalue weighted by atomic mass is 9.65. The molecule has 1 amide bonds. The minimum atomic E-state index is -0.810. The Morgan fingerprint density at radius 2 is 2.16 bits per heavy atom. The zero-order valence-corrected chi connectivity index (χ0v) is 15.0. The fourth-order valence-electron chi connectivity index (χ4n) is 3.48. The summed E-state index contributed by atoms with van der Waals surface area (Å²) in [6, 6.07) is 7.34. The van der Waals surface area contributed by atoms with Crippen LogP contribution in [0.3, 0.4) is 0 Å². The highest BCUT2D eigenvalue weighted by Crippen LogP contribution is 2.50. The molecule has 3 nitrogen and oxygen atoms in total. The number of allylic oxidation sites excluding steroid dienone is 6. The van der Waals surface area contributed by atoms with E-state index in [-0.39, 0.29) is 24.0 Å². The number of carbonyl (C=O) groups excluding carboxylic acids is 2. The lowest BCUT2D eigenvalue weighted by Gasteiger charge is -2.34. The fraction of sp³-hybridized carbons (Fsp3) is 0.200. The molecule has 1 aliphatic heterocycles. The van der Waals surface area contributed by atoms with Crippen LogP contribution in [0.15, 0.2) is 72.0 Å². The monoisotopic (exact) mass is 373 g/mol. The van der Waals surface area contributed by atoms with Crippen molar-refractivity contribution >= 4 is 34.9 Å². The van der Waals surface area contributed by atoms with Gasteiger partial charge in [0.2, 0.25) is 5.91 Å². The number of benzene rings is 1. The first-order chi connectivity index (χ1) is 11.9. The number of hydrogen-bond donors (Lipinski definition) is 1. The first-order valence-electron chi connectivity index (χ1n) is 7.92. The van der Waals surface area contributed by atoms with Gasteiger partial charge < -0.3 is 5.32 Å². The van der Waals surface area contributed by atoms with Gasteiger partial charge in [0.1, 0.15) is 0 Å². The van der Waals surface area contributed by atoms with Crippen molar-refractivity contribution in [2.24, 2.45) is 5.41 Å². The normalized spacial score (nSPS) is 27.8. The van der Waals surface area contributed by atoms with E-state index < -0.39 is 5.41 Å². The van der Waals surface area contributed by atoms with Crippen molar-refractivity contribution in [3.8, 4) is 0 Å². The first-order valence-corrected chi connectivity index (χ1v) is 8.68. The predicted octanol–water partition coefficient (Wildman–Crippen LogP) is 4.65. The summed E-state index contributed by atoms with van der Waals surface area (Å²) < 4.78 is 0. The Labute approximate surface area is 156 Å². The number of rotatable bonds is 3. The van der Waals surface area contributed by atoms with Crippen LogP contribution in [-0.2, 0) is 9.59 Å². The van der Waals surface area contributed by atoms with Crippen molar-refractivity contribution in [2.45, 2.75) is 18.8 Å². The van der Waals surface area contributed by atoms with Crippen LogP contribution in [0.2, 0.25) is 5.02 Å². The molecule has 3 rings (SSSR count). The van der Waals surface area contributed by atoms with Gasteiger partial charge in [0, 0.05) is 34.5 Å². The Kier molecular flexibility index (Phi) is 4.98. The highest BCUT2D eigenvalue weighted by atomic mass is 35.5. The quantitative estimate of drug-likeness (QED) is 0.783. The molecule has 2 atom stereocenters. The van der Waals surface area contributed by atoms with Gasteiger partial charge in [-0.2, -0.15) is 0 Å². The van der Waals surface area contributed by atoms with E-state index in [2.05, 4.69) is 11.9 Å². The SMILES string of the molecule is C=C/C=C(Cl)\C=C1/C[C@]2(C=CC(=O)C[C@H]2c2cccc(Cl)c2)C(=O)N1.